The first kappa shape index (κ1) is 16.0. The summed E-state index contributed by atoms with van der Waals surface area (Å²) in [5.74, 6) is -0.431. The number of hydrogen-bond donors (Lipinski definition) is 1. The van der Waals surface area contributed by atoms with Crippen LogP contribution in [0, 0.1) is 5.92 Å². The average Bonchev–Trinajstić information content (AvgIpc) is 2.97. The fourth-order valence-corrected chi connectivity index (χ4v) is 3.80. The van der Waals surface area contributed by atoms with Crippen LogP contribution in [-0.2, 0) is 9.59 Å². The van der Waals surface area contributed by atoms with Gasteiger partial charge < -0.3 is 10.2 Å². The fraction of sp³-hybridized carbons (Fsp3) is 0.294. The van der Waals surface area contributed by atoms with E-state index in [-0.39, 0.29) is 30.3 Å². The Morgan fingerprint density at radius 2 is 2.17 bits per heavy atom. The Labute approximate surface area is 144 Å². The Hall–Kier alpha value is -1.85. The number of halogens is 1. The zero-order valence-corrected chi connectivity index (χ0v) is 14.4. The Morgan fingerprint density at radius 1 is 1.39 bits per heavy atom. The number of benzene rings is 1. The predicted molar refractivity (Wildman–Crippen MR) is 92.8 cm³/mol. The van der Waals surface area contributed by atoms with Crippen LogP contribution >= 0.6 is 22.9 Å². The van der Waals surface area contributed by atoms with Crippen molar-refractivity contribution in [1.29, 1.82) is 0 Å². The summed E-state index contributed by atoms with van der Waals surface area (Å²) in [6.07, 6.45) is 0. The minimum atomic E-state index is -0.308. The van der Waals surface area contributed by atoms with Crippen molar-refractivity contribution in [3.8, 4) is 0 Å². The van der Waals surface area contributed by atoms with E-state index in [2.05, 4.69) is 5.32 Å². The van der Waals surface area contributed by atoms with Gasteiger partial charge in [0.25, 0.3) is 0 Å². The first-order chi connectivity index (χ1) is 11.0. The molecule has 1 N–H and O–H groups in total. The molecule has 0 bridgehead atoms. The van der Waals surface area contributed by atoms with Gasteiger partial charge in [0.2, 0.25) is 11.8 Å². The second kappa shape index (κ2) is 6.34. The number of amides is 2. The van der Waals surface area contributed by atoms with Gasteiger partial charge in [-0.1, -0.05) is 31.5 Å². The molecule has 0 radical (unpaired) electrons. The van der Waals surface area contributed by atoms with Crippen LogP contribution in [-0.4, -0.2) is 23.3 Å². The van der Waals surface area contributed by atoms with E-state index < -0.39 is 0 Å². The molecule has 1 aliphatic rings. The molecule has 1 aromatic heterocycles. The minimum absolute atomic E-state index is 0.0336. The molecule has 4 nitrogen and oxygen atoms in total. The summed E-state index contributed by atoms with van der Waals surface area (Å²) >= 11 is 7.74. The molecule has 23 heavy (non-hydrogen) atoms. The van der Waals surface area contributed by atoms with Crippen molar-refractivity contribution in [2.75, 3.05) is 11.9 Å². The number of nitrogens with zero attached hydrogens (tertiary/aromatic N) is 1. The van der Waals surface area contributed by atoms with Crippen molar-refractivity contribution >= 4 is 40.4 Å². The van der Waals surface area contributed by atoms with Crippen molar-refractivity contribution in [3.63, 3.8) is 0 Å². The van der Waals surface area contributed by atoms with Crippen LogP contribution in [0.1, 0.15) is 30.3 Å². The van der Waals surface area contributed by atoms with E-state index in [9.17, 15) is 9.59 Å². The molecular formula is C17H17ClN2O2S. The van der Waals surface area contributed by atoms with Crippen LogP contribution in [0.3, 0.4) is 0 Å². The molecule has 2 amide bonds. The van der Waals surface area contributed by atoms with E-state index in [0.717, 1.165) is 10.4 Å². The fourth-order valence-electron chi connectivity index (χ4n) is 2.77. The highest BCUT2D eigenvalue weighted by Crippen LogP contribution is 2.39. The van der Waals surface area contributed by atoms with Crippen molar-refractivity contribution in [3.05, 3.63) is 51.2 Å². The SMILES string of the molecule is CC(C)C(=O)N1CC(=O)Nc2ccc(Cl)cc2C1c1cccs1. The molecule has 0 aliphatic carbocycles. The quantitative estimate of drug-likeness (QED) is 0.894. The number of rotatable bonds is 2. The van der Waals surface area contributed by atoms with Crippen molar-refractivity contribution in [2.24, 2.45) is 5.92 Å². The van der Waals surface area contributed by atoms with Crippen molar-refractivity contribution < 1.29 is 9.59 Å². The average molecular weight is 349 g/mol. The highest BCUT2D eigenvalue weighted by Gasteiger charge is 2.34. The molecule has 2 heterocycles. The van der Waals surface area contributed by atoms with Crippen LogP contribution in [0.25, 0.3) is 0 Å². The molecule has 6 heteroatoms. The van der Waals surface area contributed by atoms with Gasteiger partial charge in [0.05, 0.1) is 6.04 Å². The third-order valence-corrected chi connectivity index (χ3v) is 4.96. The van der Waals surface area contributed by atoms with Gasteiger partial charge in [0.1, 0.15) is 6.54 Å². The number of carbonyl (C=O) groups excluding carboxylic acids is 2. The first-order valence-corrected chi connectivity index (χ1v) is 8.66. The van der Waals surface area contributed by atoms with E-state index in [1.54, 1.807) is 28.4 Å². The van der Waals surface area contributed by atoms with Gasteiger partial charge in [-0.25, -0.2) is 0 Å². The number of fused-ring (bicyclic) bond motifs is 1. The summed E-state index contributed by atoms with van der Waals surface area (Å²) in [5.41, 5.74) is 1.55. The Kier molecular flexibility index (Phi) is 4.41. The first-order valence-electron chi connectivity index (χ1n) is 7.40. The maximum atomic E-state index is 12.7. The summed E-state index contributed by atoms with van der Waals surface area (Å²) in [7, 11) is 0. The topological polar surface area (TPSA) is 49.4 Å². The molecule has 2 aromatic rings. The van der Waals surface area contributed by atoms with Gasteiger partial charge >= 0.3 is 0 Å². The molecule has 0 saturated carbocycles. The van der Waals surface area contributed by atoms with Crippen molar-refractivity contribution in [2.45, 2.75) is 19.9 Å². The normalized spacial score (nSPS) is 17.7. The number of carbonyl (C=O) groups is 2. The summed E-state index contributed by atoms with van der Waals surface area (Å²) in [6.45, 7) is 3.72. The Bertz CT molecular complexity index is 743. The van der Waals surface area contributed by atoms with Gasteiger partial charge in [-0.15, -0.1) is 11.3 Å². The van der Waals surface area contributed by atoms with E-state index in [1.165, 1.54) is 0 Å². The second-order valence-electron chi connectivity index (χ2n) is 5.82. The van der Waals surface area contributed by atoms with Crippen LogP contribution in [0.5, 0.6) is 0 Å². The molecule has 1 unspecified atom stereocenters. The molecule has 1 aromatic carbocycles. The Balaban J connectivity index is 2.19. The van der Waals surface area contributed by atoms with E-state index in [4.69, 9.17) is 11.6 Å². The number of anilines is 1. The molecule has 120 valence electrons. The highest BCUT2D eigenvalue weighted by molar-refractivity contribution is 7.10. The molecular weight excluding hydrogens is 332 g/mol. The third kappa shape index (κ3) is 3.12. The van der Waals surface area contributed by atoms with Gasteiger partial charge in [0, 0.05) is 27.1 Å². The lowest BCUT2D eigenvalue weighted by Gasteiger charge is -2.30. The smallest absolute Gasteiger partial charge is 0.244 e. The maximum absolute atomic E-state index is 12.7. The molecule has 0 fully saturated rings. The van der Waals surface area contributed by atoms with E-state index in [1.807, 2.05) is 37.4 Å². The van der Waals surface area contributed by atoms with E-state index in [0.29, 0.717) is 10.7 Å². The molecule has 0 spiro atoms. The van der Waals surface area contributed by atoms with Crippen molar-refractivity contribution in [1.82, 2.24) is 4.90 Å². The van der Waals surface area contributed by atoms with Gasteiger partial charge in [-0.3, -0.25) is 9.59 Å². The van der Waals surface area contributed by atoms with Gasteiger partial charge in [0.15, 0.2) is 0 Å². The standard InChI is InChI=1S/C17H17ClN2O2S/c1-10(2)17(22)20-9-15(21)19-13-6-5-11(18)8-12(13)16(20)14-4-3-7-23-14/h3-8,10,16H,9H2,1-2H3,(H,19,21). The maximum Gasteiger partial charge on any atom is 0.244 e. The monoisotopic (exact) mass is 348 g/mol. The zero-order chi connectivity index (χ0) is 16.6. The summed E-state index contributed by atoms with van der Waals surface area (Å²) < 4.78 is 0. The molecule has 1 atom stereocenters. The van der Waals surface area contributed by atoms with Crippen LogP contribution in [0.15, 0.2) is 35.7 Å². The second-order valence-corrected chi connectivity index (χ2v) is 7.23. The number of thiophene rings is 1. The lowest BCUT2D eigenvalue weighted by molar-refractivity contribution is -0.138. The van der Waals surface area contributed by atoms with Gasteiger partial charge in [-0.2, -0.15) is 0 Å². The van der Waals surface area contributed by atoms with E-state index >= 15 is 0 Å². The minimum Gasteiger partial charge on any atom is -0.324 e. The van der Waals surface area contributed by atoms with Gasteiger partial charge in [-0.05, 0) is 29.6 Å². The number of hydrogen-bond acceptors (Lipinski definition) is 3. The Morgan fingerprint density at radius 3 is 2.83 bits per heavy atom. The summed E-state index contributed by atoms with van der Waals surface area (Å²) in [6, 6.07) is 8.98. The summed E-state index contributed by atoms with van der Waals surface area (Å²) in [4.78, 5) is 27.6. The number of nitrogens with one attached hydrogen (secondary N) is 1. The molecule has 0 saturated heterocycles. The van der Waals surface area contributed by atoms with Crippen LogP contribution in [0.2, 0.25) is 5.02 Å². The largest absolute Gasteiger partial charge is 0.324 e. The lowest BCUT2D eigenvalue weighted by atomic mass is 10.0. The van der Waals surface area contributed by atoms with Crippen LogP contribution in [0.4, 0.5) is 5.69 Å². The summed E-state index contributed by atoms with van der Waals surface area (Å²) in [5, 5.41) is 5.43. The third-order valence-electron chi connectivity index (χ3n) is 3.80. The van der Waals surface area contributed by atoms with Crippen LogP contribution < -0.4 is 5.32 Å². The zero-order valence-electron chi connectivity index (χ0n) is 12.9. The lowest BCUT2D eigenvalue weighted by Crippen LogP contribution is -2.40. The highest BCUT2D eigenvalue weighted by atomic mass is 35.5. The molecule has 3 rings (SSSR count). The molecule has 1 aliphatic heterocycles. The predicted octanol–water partition coefficient (Wildman–Crippen LogP) is 3.93.